The summed E-state index contributed by atoms with van der Waals surface area (Å²) in [6.07, 6.45) is -8.26. The number of halogens is 7. The van der Waals surface area contributed by atoms with Crippen LogP contribution < -0.4 is 5.06 Å². The average molecular weight is 473 g/mol. The van der Waals surface area contributed by atoms with E-state index in [0.717, 1.165) is 6.08 Å². The lowest BCUT2D eigenvalue weighted by molar-refractivity contribution is -0.419. The molecule has 0 radical (unpaired) electrons. The predicted octanol–water partition coefficient (Wildman–Crippen LogP) is 4.83. The fourth-order valence-corrected chi connectivity index (χ4v) is 2.54. The maximum atomic E-state index is 12.9. The molecule has 150 valence electrons. The summed E-state index contributed by atoms with van der Waals surface area (Å²) < 4.78 is 77.0. The minimum atomic E-state index is -5.14. The van der Waals surface area contributed by atoms with Gasteiger partial charge in [-0.1, -0.05) is 0 Å². The van der Waals surface area contributed by atoms with Crippen LogP contribution in [0.2, 0.25) is 0 Å². The zero-order chi connectivity index (χ0) is 21.4. The maximum absolute atomic E-state index is 12.9. The number of Topliss-reactive ketones (excluding diaryl/α,β-unsaturated/α-hetero) is 1. The smallest absolute Gasteiger partial charge is 0.288 e. The Labute approximate surface area is 160 Å². The van der Waals surface area contributed by atoms with E-state index in [-0.39, 0.29) is 27.7 Å². The van der Waals surface area contributed by atoms with Crippen LogP contribution in [0.5, 0.6) is 0 Å². The minimum absolute atomic E-state index is 0.139. The van der Waals surface area contributed by atoms with Crippen molar-refractivity contribution in [1.82, 2.24) is 0 Å². The van der Waals surface area contributed by atoms with Gasteiger partial charge in [-0.05, 0) is 34.1 Å². The fourth-order valence-electron chi connectivity index (χ4n) is 2.08. The van der Waals surface area contributed by atoms with Crippen molar-refractivity contribution >= 4 is 27.4 Å². The van der Waals surface area contributed by atoms with Crippen molar-refractivity contribution in [2.45, 2.75) is 12.4 Å². The van der Waals surface area contributed by atoms with Crippen LogP contribution in [0.3, 0.4) is 0 Å². The molecule has 0 saturated heterocycles. The Bertz CT molecular complexity index is 901. The summed E-state index contributed by atoms with van der Waals surface area (Å²) in [6.45, 7) is 0. The van der Waals surface area contributed by atoms with Gasteiger partial charge >= 0.3 is 12.4 Å². The van der Waals surface area contributed by atoms with Gasteiger partial charge in [0.2, 0.25) is 5.78 Å². The molecule has 0 atom stereocenters. The van der Waals surface area contributed by atoms with Crippen LogP contribution in [0.15, 0.2) is 52.3 Å². The van der Waals surface area contributed by atoms with Gasteiger partial charge in [0.15, 0.2) is 0 Å². The highest BCUT2D eigenvalue weighted by Gasteiger charge is 2.37. The van der Waals surface area contributed by atoms with E-state index < -0.39 is 51.1 Å². The lowest BCUT2D eigenvalue weighted by Crippen LogP contribution is -2.18. The molecule has 28 heavy (non-hydrogen) atoms. The zero-order valence-corrected chi connectivity index (χ0v) is 14.8. The van der Waals surface area contributed by atoms with Gasteiger partial charge in [0.25, 0.3) is 5.70 Å². The second-order valence-electron chi connectivity index (χ2n) is 5.34. The highest BCUT2D eigenvalue weighted by Crippen LogP contribution is 2.38. The first-order valence-electron chi connectivity index (χ1n) is 6.97. The molecule has 1 N–H and O–H groups in total. The van der Waals surface area contributed by atoms with Crippen molar-refractivity contribution in [3.05, 3.63) is 73.5 Å². The van der Waals surface area contributed by atoms with E-state index >= 15 is 0 Å². The van der Waals surface area contributed by atoms with Gasteiger partial charge in [-0.2, -0.15) is 26.3 Å². The predicted molar refractivity (Wildman–Crippen MR) is 85.9 cm³/mol. The quantitative estimate of drug-likeness (QED) is 0.295. The lowest BCUT2D eigenvalue weighted by Gasteiger charge is -2.19. The summed E-state index contributed by atoms with van der Waals surface area (Å²) in [5.41, 5.74) is -5.47. The van der Waals surface area contributed by atoms with Gasteiger partial charge in [0.05, 0.1) is 26.2 Å². The number of alkyl halides is 6. The first-order chi connectivity index (χ1) is 12.7. The van der Waals surface area contributed by atoms with Crippen molar-refractivity contribution in [2.75, 3.05) is 5.06 Å². The highest BCUT2D eigenvalue weighted by atomic mass is 79.9. The van der Waals surface area contributed by atoms with Crippen LogP contribution in [0.25, 0.3) is 0 Å². The van der Waals surface area contributed by atoms with E-state index in [2.05, 4.69) is 15.9 Å². The molecule has 2 rings (SSSR count). The number of anilines is 1. The van der Waals surface area contributed by atoms with Crippen molar-refractivity contribution in [3.8, 4) is 0 Å². The summed E-state index contributed by atoms with van der Waals surface area (Å²) in [5.74, 6) is -0.882. The summed E-state index contributed by atoms with van der Waals surface area (Å²) in [5, 5.41) is 20.6. The van der Waals surface area contributed by atoms with Crippen LogP contribution in [-0.2, 0) is 17.1 Å². The first-order valence-corrected chi connectivity index (χ1v) is 7.77. The molecule has 0 bridgehead atoms. The third-order valence-corrected chi connectivity index (χ3v) is 3.96. The number of hydrogen-bond acceptors (Lipinski definition) is 5. The Hall–Kier alpha value is -2.67. The summed E-state index contributed by atoms with van der Waals surface area (Å²) in [6, 6.07) is 0.311. The van der Waals surface area contributed by atoms with Crippen LogP contribution in [0.4, 0.5) is 32.0 Å². The number of rotatable bonds is 3. The molecule has 0 spiro atoms. The Balaban J connectivity index is 2.55. The second kappa shape index (κ2) is 7.39. The van der Waals surface area contributed by atoms with Crippen molar-refractivity contribution < 1.29 is 41.3 Å². The number of carbonyl (C=O) groups is 1. The lowest BCUT2D eigenvalue weighted by atomic mass is 10.0. The molecule has 1 aromatic carbocycles. The number of benzene rings is 1. The monoisotopic (exact) mass is 472 g/mol. The van der Waals surface area contributed by atoms with E-state index in [9.17, 15) is 46.5 Å². The van der Waals surface area contributed by atoms with E-state index in [0.29, 0.717) is 12.3 Å². The van der Waals surface area contributed by atoms with Crippen LogP contribution in [0, 0.1) is 10.1 Å². The van der Waals surface area contributed by atoms with E-state index in [4.69, 9.17) is 0 Å². The van der Waals surface area contributed by atoms with E-state index in [1.54, 1.807) is 0 Å². The Kier molecular flexibility index (Phi) is 5.71. The van der Waals surface area contributed by atoms with Crippen molar-refractivity contribution in [2.24, 2.45) is 0 Å². The molecule has 1 aliphatic rings. The molecule has 0 saturated carbocycles. The van der Waals surface area contributed by atoms with Crippen molar-refractivity contribution in [1.29, 1.82) is 0 Å². The molecule has 6 nitrogen and oxygen atoms in total. The molecule has 13 heteroatoms. The Morgan fingerprint density at radius 2 is 1.54 bits per heavy atom. The number of ketones is 1. The van der Waals surface area contributed by atoms with Gasteiger partial charge in [-0.15, -0.1) is 0 Å². The molecular weight excluding hydrogens is 466 g/mol. The van der Waals surface area contributed by atoms with Crippen LogP contribution in [-0.4, -0.2) is 15.9 Å². The Morgan fingerprint density at radius 1 is 1.04 bits per heavy atom. The van der Waals surface area contributed by atoms with E-state index in [1.807, 2.05) is 0 Å². The topological polar surface area (TPSA) is 83.7 Å². The van der Waals surface area contributed by atoms with Crippen molar-refractivity contribution in [3.63, 3.8) is 0 Å². The molecule has 0 aromatic heterocycles. The molecule has 0 fully saturated rings. The summed E-state index contributed by atoms with van der Waals surface area (Å²) >= 11 is 2.75. The standard InChI is InChI=1S/C15H7BrF6N2O4/c16-12-5-11(24(27)28)1-7(13(12)25)6-23(26)10-3-8(14(17,18)19)2-9(4-10)15(20,21)22/h1-6,26H. The largest absolute Gasteiger partial charge is 0.416 e. The molecular formula is C15H7BrF6N2O4. The van der Waals surface area contributed by atoms with Gasteiger partial charge in [0.1, 0.15) is 0 Å². The molecule has 0 amide bonds. The molecule has 0 unspecified atom stereocenters. The number of nitro groups is 1. The van der Waals surface area contributed by atoms with Gasteiger partial charge < -0.3 is 0 Å². The maximum Gasteiger partial charge on any atom is 0.416 e. The van der Waals surface area contributed by atoms with Gasteiger partial charge in [0, 0.05) is 23.9 Å². The SMILES string of the molecule is O=C1C(Br)=CC([N+](=O)[O-])=CC1=CN(O)c1cc(C(F)(F)F)cc(C(F)(F)F)c1. The molecule has 1 aromatic rings. The van der Waals surface area contributed by atoms with Gasteiger partial charge in [-0.25, -0.2) is 5.06 Å². The second-order valence-corrected chi connectivity index (χ2v) is 6.20. The fraction of sp³-hybridized carbons (Fsp3) is 0.133. The van der Waals surface area contributed by atoms with Crippen LogP contribution >= 0.6 is 15.9 Å². The third-order valence-electron chi connectivity index (χ3n) is 3.37. The number of hydroxylamine groups is 1. The normalized spacial score (nSPS) is 16.7. The summed E-state index contributed by atoms with van der Waals surface area (Å²) in [4.78, 5) is 21.9. The molecule has 1 aliphatic carbocycles. The van der Waals surface area contributed by atoms with Crippen LogP contribution in [0.1, 0.15) is 11.1 Å². The van der Waals surface area contributed by atoms with E-state index in [1.165, 1.54) is 0 Å². The minimum Gasteiger partial charge on any atom is -0.288 e. The van der Waals surface area contributed by atoms with Gasteiger partial charge in [-0.3, -0.25) is 20.1 Å². The zero-order valence-electron chi connectivity index (χ0n) is 13.2. The number of carbonyl (C=O) groups excluding carboxylic acids is 1. The summed E-state index contributed by atoms with van der Waals surface area (Å²) in [7, 11) is 0. The first kappa shape index (κ1) is 21.6. The number of nitrogens with zero attached hydrogens (tertiary/aromatic N) is 2. The molecule has 0 aliphatic heterocycles. The molecule has 0 heterocycles. The number of allylic oxidation sites excluding steroid dienone is 4. The average Bonchev–Trinajstić information content (AvgIpc) is 2.56. The third kappa shape index (κ3) is 4.78. The number of hydrogen-bond donors (Lipinski definition) is 1. The highest BCUT2D eigenvalue weighted by molar-refractivity contribution is 9.12. The Morgan fingerprint density at radius 3 is 1.96 bits per heavy atom.